The zero-order chi connectivity index (χ0) is 15.0. The van der Waals surface area contributed by atoms with Crippen LogP contribution in [0.2, 0.25) is 5.02 Å². The number of fused-ring (bicyclic) bond motifs is 1. The number of aryl methyl sites for hydroxylation is 1. The first kappa shape index (κ1) is 13.6. The van der Waals surface area contributed by atoms with Crippen molar-refractivity contribution in [3.63, 3.8) is 0 Å². The maximum absolute atomic E-state index is 13.8. The van der Waals surface area contributed by atoms with Gasteiger partial charge in [-0.25, -0.2) is 4.39 Å². The molecule has 0 atom stereocenters. The predicted octanol–water partition coefficient (Wildman–Crippen LogP) is 4.58. The van der Waals surface area contributed by atoms with Crippen molar-refractivity contribution in [2.75, 3.05) is 0 Å². The number of aromatic nitrogens is 1. The Morgan fingerprint density at radius 2 is 2.05 bits per heavy atom. The highest BCUT2D eigenvalue weighted by Crippen LogP contribution is 2.34. The van der Waals surface area contributed by atoms with E-state index in [0.29, 0.717) is 21.7 Å². The zero-order valence-corrected chi connectivity index (χ0v) is 11.9. The van der Waals surface area contributed by atoms with Gasteiger partial charge in [-0.3, -0.25) is 4.79 Å². The Morgan fingerprint density at radius 3 is 2.76 bits per heavy atom. The molecule has 0 saturated carbocycles. The molecule has 0 saturated heterocycles. The highest BCUT2D eigenvalue weighted by atomic mass is 35.5. The summed E-state index contributed by atoms with van der Waals surface area (Å²) in [6, 6.07) is 9.55. The number of ether oxygens (including phenoxy) is 1. The van der Waals surface area contributed by atoms with Gasteiger partial charge in [-0.1, -0.05) is 17.7 Å². The zero-order valence-electron chi connectivity index (χ0n) is 11.1. The minimum absolute atomic E-state index is 0.0626. The van der Waals surface area contributed by atoms with Gasteiger partial charge in [-0.2, -0.15) is 0 Å². The van der Waals surface area contributed by atoms with Gasteiger partial charge in [0, 0.05) is 23.8 Å². The Labute approximate surface area is 125 Å². The number of halogens is 2. The van der Waals surface area contributed by atoms with Gasteiger partial charge in [0.15, 0.2) is 17.9 Å². The lowest BCUT2D eigenvalue weighted by atomic mass is 10.1. The van der Waals surface area contributed by atoms with Crippen LogP contribution >= 0.6 is 11.6 Å². The summed E-state index contributed by atoms with van der Waals surface area (Å²) >= 11 is 5.72. The van der Waals surface area contributed by atoms with Crippen molar-refractivity contribution in [3.05, 3.63) is 59.0 Å². The van der Waals surface area contributed by atoms with Crippen LogP contribution in [0.3, 0.4) is 0 Å². The monoisotopic (exact) mass is 303 g/mol. The number of carbonyl (C=O) groups is 1. The Balaban J connectivity index is 2.14. The van der Waals surface area contributed by atoms with E-state index in [-0.39, 0.29) is 5.75 Å². The standard InChI is InChI=1S/C16H11ClFNO2/c1-19-8-10(9-20)16-13(19)3-2-4-15(16)21-14-6-5-11(17)7-12(14)18/h2-9H,1H3. The minimum Gasteiger partial charge on any atom is -0.454 e. The fourth-order valence-corrected chi connectivity index (χ4v) is 2.46. The van der Waals surface area contributed by atoms with Crippen LogP contribution < -0.4 is 4.74 Å². The largest absolute Gasteiger partial charge is 0.454 e. The van der Waals surface area contributed by atoms with E-state index in [4.69, 9.17) is 16.3 Å². The summed E-state index contributed by atoms with van der Waals surface area (Å²) in [6.45, 7) is 0. The molecular weight excluding hydrogens is 293 g/mol. The molecule has 106 valence electrons. The van der Waals surface area contributed by atoms with E-state index in [1.807, 2.05) is 17.7 Å². The lowest BCUT2D eigenvalue weighted by molar-refractivity contribution is 0.112. The van der Waals surface area contributed by atoms with Crippen molar-refractivity contribution in [2.24, 2.45) is 7.05 Å². The van der Waals surface area contributed by atoms with Crippen molar-refractivity contribution in [3.8, 4) is 11.5 Å². The van der Waals surface area contributed by atoms with Gasteiger partial charge in [-0.05, 0) is 30.3 Å². The molecule has 0 N–H and O–H groups in total. The van der Waals surface area contributed by atoms with E-state index in [2.05, 4.69) is 0 Å². The maximum Gasteiger partial charge on any atom is 0.167 e. The van der Waals surface area contributed by atoms with Gasteiger partial charge >= 0.3 is 0 Å². The second-order valence-corrected chi connectivity index (χ2v) is 5.08. The molecule has 1 heterocycles. The van der Waals surface area contributed by atoms with E-state index in [0.717, 1.165) is 11.8 Å². The molecule has 0 fully saturated rings. The van der Waals surface area contributed by atoms with Crippen LogP contribution in [0.5, 0.6) is 11.5 Å². The van der Waals surface area contributed by atoms with Gasteiger partial charge in [0.05, 0.1) is 10.9 Å². The SMILES string of the molecule is Cn1cc(C=O)c2c(Oc3ccc(Cl)cc3F)cccc21. The molecule has 3 nitrogen and oxygen atoms in total. The first-order valence-electron chi connectivity index (χ1n) is 6.26. The molecule has 0 bridgehead atoms. The maximum atomic E-state index is 13.8. The number of rotatable bonds is 3. The molecule has 0 aliphatic rings. The molecule has 0 unspecified atom stereocenters. The molecule has 2 aromatic carbocycles. The van der Waals surface area contributed by atoms with Gasteiger partial charge in [0.25, 0.3) is 0 Å². The van der Waals surface area contributed by atoms with E-state index >= 15 is 0 Å². The summed E-state index contributed by atoms with van der Waals surface area (Å²) in [5.74, 6) is -0.0629. The van der Waals surface area contributed by atoms with Gasteiger partial charge in [-0.15, -0.1) is 0 Å². The second-order valence-electron chi connectivity index (χ2n) is 4.64. The summed E-state index contributed by atoms with van der Waals surface area (Å²) in [5, 5.41) is 0.954. The van der Waals surface area contributed by atoms with Crippen LogP contribution in [-0.4, -0.2) is 10.9 Å². The van der Waals surface area contributed by atoms with Crippen LogP contribution in [0.25, 0.3) is 10.9 Å². The predicted molar refractivity (Wildman–Crippen MR) is 79.8 cm³/mol. The van der Waals surface area contributed by atoms with Gasteiger partial charge in [0.2, 0.25) is 0 Å². The van der Waals surface area contributed by atoms with E-state index < -0.39 is 5.82 Å². The van der Waals surface area contributed by atoms with Crippen LogP contribution in [0.4, 0.5) is 4.39 Å². The smallest absolute Gasteiger partial charge is 0.167 e. The second kappa shape index (κ2) is 5.22. The van der Waals surface area contributed by atoms with Crippen molar-refractivity contribution in [1.82, 2.24) is 4.57 Å². The number of benzene rings is 2. The van der Waals surface area contributed by atoms with Crippen LogP contribution in [0.1, 0.15) is 10.4 Å². The molecule has 0 aliphatic carbocycles. The summed E-state index contributed by atoms with van der Waals surface area (Å²) in [5.41, 5.74) is 1.33. The van der Waals surface area contributed by atoms with Crippen molar-refractivity contribution in [2.45, 2.75) is 0 Å². The Morgan fingerprint density at radius 1 is 1.24 bits per heavy atom. The van der Waals surface area contributed by atoms with Gasteiger partial charge in [0.1, 0.15) is 5.75 Å². The number of aldehydes is 1. The van der Waals surface area contributed by atoms with Crippen molar-refractivity contribution < 1.29 is 13.9 Å². The topological polar surface area (TPSA) is 31.2 Å². The first-order valence-corrected chi connectivity index (χ1v) is 6.64. The number of hydrogen-bond donors (Lipinski definition) is 0. The normalized spacial score (nSPS) is 10.8. The molecule has 0 aliphatic heterocycles. The van der Waals surface area contributed by atoms with Crippen molar-refractivity contribution in [1.29, 1.82) is 0 Å². The lowest BCUT2D eigenvalue weighted by Crippen LogP contribution is -1.90. The molecule has 0 spiro atoms. The summed E-state index contributed by atoms with van der Waals surface area (Å²) in [4.78, 5) is 11.2. The van der Waals surface area contributed by atoms with E-state index in [9.17, 15) is 9.18 Å². The molecule has 3 aromatic rings. The van der Waals surface area contributed by atoms with Crippen molar-refractivity contribution >= 4 is 28.8 Å². The van der Waals surface area contributed by atoms with Crippen LogP contribution in [0.15, 0.2) is 42.6 Å². The average Bonchev–Trinajstić information content (AvgIpc) is 2.80. The Bertz CT molecular complexity index is 842. The number of nitrogens with zero attached hydrogens (tertiary/aromatic N) is 1. The highest BCUT2D eigenvalue weighted by Gasteiger charge is 2.13. The number of carbonyl (C=O) groups excluding carboxylic acids is 1. The molecule has 1 aromatic heterocycles. The third-order valence-electron chi connectivity index (χ3n) is 3.25. The third-order valence-corrected chi connectivity index (χ3v) is 3.48. The first-order chi connectivity index (χ1) is 10.1. The summed E-state index contributed by atoms with van der Waals surface area (Å²) in [7, 11) is 1.84. The van der Waals surface area contributed by atoms with Crippen LogP contribution in [-0.2, 0) is 7.05 Å². The van der Waals surface area contributed by atoms with Crippen LogP contribution in [0, 0.1) is 5.82 Å². The Hall–Kier alpha value is -2.33. The molecule has 21 heavy (non-hydrogen) atoms. The molecule has 0 radical (unpaired) electrons. The lowest BCUT2D eigenvalue weighted by Gasteiger charge is -2.09. The highest BCUT2D eigenvalue weighted by molar-refractivity contribution is 6.30. The fourth-order valence-electron chi connectivity index (χ4n) is 2.30. The molecule has 0 amide bonds. The fraction of sp³-hybridized carbons (Fsp3) is 0.0625. The molecule has 3 rings (SSSR count). The average molecular weight is 304 g/mol. The summed E-state index contributed by atoms with van der Waals surface area (Å²) < 4.78 is 21.3. The minimum atomic E-state index is -0.553. The molecule has 5 heteroatoms. The van der Waals surface area contributed by atoms with Gasteiger partial charge < -0.3 is 9.30 Å². The van der Waals surface area contributed by atoms with E-state index in [1.165, 1.54) is 12.1 Å². The Kier molecular flexibility index (Phi) is 3.39. The third kappa shape index (κ3) is 2.38. The number of hydrogen-bond acceptors (Lipinski definition) is 2. The van der Waals surface area contributed by atoms with E-state index in [1.54, 1.807) is 24.4 Å². The quantitative estimate of drug-likeness (QED) is 0.663. The molecular formula is C16H11ClFNO2. The summed E-state index contributed by atoms with van der Waals surface area (Å²) in [6.07, 6.45) is 2.47.